The van der Waals surface area contributed by atoms with Crippen LogP contribution in [-0.4, -0.2) is 0 Å². The number of hydrogen-bond acceptors (Lipinski definition) is 2. The molecule has 0 amide bonds. The topological polar surface area (TPSA) is 24.1 Å². The van der Waals surface area contributed by atoms with Gasteiger partial charge in [0.1, 0.15) is 0 Å². The fourth-order valence-electron chi connectivity index (χ4n) is 2.57. The first-order valence-corrected chi connectivity index (χ1v) is 6.45. The summed E-state index contributed by atoms with van der Waals surface area (Å²) in [6, 6.07) is 20.1. The van der Waals surface area contributed by atoms with E-state index in [0.717, 1.165) is 6.42 Å². The molecule has 0 bridgehead atoms. The SMILES string of the molecule is Cc1cccc(C2CC(c3ccccc3)NN2)c1. The molecule has 2 atom stereocenters. The zero-order valence-corrected chi connectivity index (χ0v) is 10.6. The third-order valence-electron chi connectivity index (χ3n) is 3.55. The minimum Gasteiger partial charge on any atom is -0.250 e. The van der Waals surface area contributed by atoms with E-state index in [4.69, 9.17) is 0 Å². The second-order valence-corrected chi connectivity index (χ2v) is 4.95. The van der Waals surface area contributed by atoms with Gasteiger partial charge in [0.25, 0.3) is 0 Å². The van der Waals surface area contributed by atoms with Gasteiger partial charge in [-0.25, -0.2) is 10.9 Å². The highest BCUT2D eigenvalue weighted by molar-refractivity contribution is 5.27. The Morgan fingerprint density at radius 3 is 2.22 bits per heavy atom. The Kier molecular flexibility index (Phi) is 3.13. The Bertz CT molecular complexity index is 522. The van der Waals surface area contributed by atoms with Gasteiger partial charge < -0.3 is 0 Å². The molecule has 2 N–H and O–H groups in total. The van der Waals surface area contributed by atoms with Crippen molar-refractivity contribution in [3.8, 4) is 0 Å². The molecule has 2 heteroatoms. The van der Waals surface area contributed by atoms with Crippen LogP contribution in [0.4, 0.5) is 0 Å². The summed E-state index contributed by atoms with van der Waals surface area (Å²) in [7, 11) is 0. The van der Waals surface area contributed by atoms with E-state index in [1.165, 1.54) is 16.7 Å². The smallest absolute Gasteiger partial charge is 0.0481 e. The van der Waals surface area contributed by atoms with Crippen LogP contribution in [-0.2, 0) is 0 Å². The lowest BCUT2D eigenvalue weighted by Gasteiger charge is -2.10. The zero-order valence-electron chi connectivity index (χ0n) is 10.6. The average molecular weight is 238 g/mol. The lowest BCUT2D eigenvalue weighted by molar-refractivity contribution is 0.555. The maximum atomic E-state index is 3.40. The molecule has 0 radical (unpaired) electrons. The summed E-state index contributed by atoms with van der Waals surface area (Å²) in [5, 5.41) is 0. The number of benzene rings is 2. The predicted octanol–water partition coefficient (Wildman–Crippen LogP) is 3.28. The lowest BCUT2D eigenvalue weighted by Crippen LogP contribution is -2.26. The molecule has 2 unspecified atom stereocenters. The molecule has 1 saturated heterocycles. The number of hydrazine groups is 1. The van der Waals surface area contributed by atoms with Crippen LogP contribution in [0.1, 0.15) is 35.2 Å². The van der Waals surface area contributed by atoms with Crippen LogP contribution in [0, 0.1) is 6.92 Å². The number of aryl methyl sites for hydroxylation is 1. The van der Waals surface area contributed by atoms with Crippen molar-refractivity contribution in [1.29, 1.82) is 0 Å². The molecule has 1 fully saturated rings. The number of nitrogens with one attached hydrogen (secondary N) is 2. The van der Waals surface area contributed by atoms with Gasteiger partial charge in [0.2, 0.25) is 0 Å². The molecule has 1 aliphatic rings. The van der Waals surface area contributed by atoms with Gasteiger partial charge in [0.15, 0.2) is 0 Å². The van der Waals surface area contributed by atoms with Crippen molar-refractivity contribution in [2.45, 2.75) is 25.4 Å². The maximum Gasteiger partial charge on any atom is 0.0481 e. The van der Waals surface area contributed by atoms with Crippen LogP contribution in [0.3, 0.4) is 0 Å². The maximum absolute atomic E-state index is 3.40. The average Bonchev–Trinajstić information content (AvgIpc) is 2.89. The van der Waals surface area contributed by atoms with Crippen molar-refractivity contribution in [2.24, 2.45) is 0 Å². The molecule has 1 aliphatic heterocycles. The van der Waals surface area contributed by atoms with E-state index in [0.29, 0.717) is 12.1 Å². The zero-order chi connectivity index (χ0) is 12.4. The van der Waals surface area contributed by atoms with E-state index in [1.54, 1.807) is 0 Å². The third kappa shape index (κ3) is 2.30. The first-order chi connectivity index (χ1) is 8.83. The van der Waals surface area contributed by atoms with Gasteiger partial charge in [-0.05, 0) is 24.5 Å². The van der Waals surface area contributed by atoms with Crippen molar-refractivity contribution < 1.29 is 0 Å². The van der Waals surface area contributed by atoms with Crippen molar-refractivity contribution in [3.05, 3.63) is 71.3 Å². The second kappa shape index (κ2) is 4.92. The number of hydrogen-bond donors (Lipinski definition) is 2. The first-order valence-electron chi connectivity index (χ1n) is 6.45. The largest absolute Gasteiger partial charge is 0.250 e. The van der Waals surface area contributed by atoms with E-state index in [-0.39, 0.29) is 0 Å². The Balaban J connectivity index is 1.76. The lowest BCUT2D eigenvalue weighted by atomic mass is 9.97. The van der Waals surface area contributed by atoms with Crippen LogP contribution >= 0.6 is 0 Å². The highest BCUT2D eigenvalue weighted by Gasteiger charge is 2.25. The van der Waals surface area contributed by atoms with E-state index in [1.807, 2.05) is 0 Å². The second-order valence-electron chi connectivity index (χ2n) is 4.95. The highest BCUT2D eigenvalue weighted by atomic mass is 15.4. The molecule has 0 aliphatic carbocycles. The molecule has 2 nitrogen and oxygen atoms in total. The summed E-state index contributed by atoms with van der Waals surface area (Å²) in [5.74, 6) is 0. The minimum atomic E-state index is 0.398. The Hall–Kier alpha value is -1.64. The fraction of sp³-hybridized carbons (Fsp3) is 0.250. The van der Waals surface area contributed by atoms with E-state index in [9.17, 15) is 0 Å². The summed E-state index contributed by atoms with van der Waals surface area (Å²) in [6.45, 7) is 2.14. The van der Waals surface area contributed by atoms with Crippen LogP contribution in [0.2, 0.25) is 0 Å². The van der Waals surface area contributed by atoms with Crippen molar-refractivity contribution in [3.63, 3.8) is 0 Å². The van der Waals surface area contributed by atoms with Crippen LogP contribution in [0.15, 0.2) is 54.6 Å². The van der Waals surface area contributed by atoms with Crippen molar-refractivity contribution in [1.82, 2.24) is 10.9 Å². The summed E-state index contributed by atoms with van der Waals surface area (Å²) in [6.07, 6.45) is 1.09. The highest BCUT2D eigenvalue weighted by Crippen LogP contribution is 2.30. The molecular weight excluding hydrogens is 220 g/mol. The van der Waals surface area contributed by atoms with Crippen LogP contribution in [0.5, 0.6) is 0 Å². The summed E-state index contributed by atoms with van der Waals surface area (Å²) < 4.78 is 0. The van der Waals surface area contributed by atoms with Crippen molar-refractivity contribution in [2.75, 3.05) is 0 Å². The van der Waals surface area contributed by atoms with Crippen LogP contribution < -0.4 is 10.9 Å². The first kappa shape index (κ1) is 11.5. The van der Waals surface area contributed by atoms with Gasteiger partial charge >= 0.3 is 0 Å². The van der Waals surface area contributed by atoms with Gasteiger partial charge in [-0.15, -0.1) is 0 Å². The molecule has 0 saturated carbocycles. The molecule has 92 valence electrons. The Morgan fingerprint density at radius 1 is 0.833 bits per heavy atom. The van der Waals surface area contributed by atoms with Gasteiger partial charge in [-0.1, -0.05) is 60.2 Å². The predicted molar refractivity (Wildman–Crippen MR) is 74.0 cm³/mol. The fourth-order valence-corrected chi connectivity index (χ4v) is 2.57. The Morgan fingerprint density at radius 2 is 1.50 bits per heavy atom. The normalized spacial score (nSPS) is 23.2. The van der Waals surface area contributed by atoms with E-state index >= 15 is 0 Å². The summed E-state index contributed by atoms with van der Waals surface area (Å²) in [5.41, 5.74) is 10.8. The van der Waals surface area contributed by atoms with E-state index < -0.39 is 0 Å². The monoisotopic (exact) mass is 238 g/mol. The molecule has 1 heterocycles. The quantitative estimate of drug-likeness (QED) is 0.839. The van der Waals surface area contributed by atoms with E-state index in [2.05, 4.69) is 72.4 Å². The number of rotatable bonds is 2. The van der Waals surface area contributed by atoms with Gasteiger partial charge in [-0.3, -0.25) is 0 Å². The van der Waals surface area contributed by atoms with Gasteiger partial charge in [0, 0.05) is 12.1 Å². The molecule has 0 spiro atoms. The van der Waals surface area contributed by atoms with Gasteiger partial charge in [0.05, 0.1) is 0 Å². The van der Waals surface area contributed by atoms with Gasteiger partial charge in [-0.2, -0.15) is 0 Å². The van der Waals surface area contributed by atoms with Crippen molar-refractivity contribution >= 4 is 0 Å². The molecule has 2 aromatic rings. The minimum absolute atomic E-state index is 0.398. The third-order valence-corrected chi connectivity index (χ3v) is 3.55. The standard InChI is InChI=1S/C16H18N2/c1-12-6-5-9-14(10-12)16-11-15(17-18-16)13-7-3-2-4-8-13/h2-10,15-18H,11H2,1H3. The molecule has 3 rings (SSSR count). The molecule has 18 heavy (non-hydrogen) atoms. The molecule has 0 aromatic heterocycles. The Labute approximate surface area is 108 Å². The molecule has 2 aromatic carbocycles. The van der Waals surface area contributed by atoms with Crippen LogP contribution in [0.25, 0.3) is 0 Å². The summed E-state index contributed by atoms with van der Waals surface area (Å²) >= 11 is 0. The summed E-state index contributed by atoms with van der Waals surface area (Å²) in [4.78, 5) is 0. The molecular formula is C16H18N2.